The summed E-state index contributed by atoms with van der Waals surface area (Å²) in [7, 11) is 1.80. The van der Waals surface area contributed by atoms with Crippen LogP contribution in [-0.4, -0.2) is 22.2 Å². The Morgan fingerprint density at radius 2 is 2.15 bits per heavy atom. The van der Waals surface area contributed by atoms with Gasteiger partial charge in [-0.25, -0.2) is 4.68 Å². The van der Waals surface area contributed by atoms with E-state index in [1.54, 1.807) is 23.9 Å². The third-order valence-electron chi connectivity index (χ3n) is 2.45. The topological polar surface area (TPSA) is 59.3 Å². The highest BCUT2D eigenvalue weighted by molar-refractivity contribution is 7.13. The molecule has 1 aromatic heterocycles. The summed E-state index contributed by atoms with van der Waals surface area (Å²) in [4.78, 5) is 17.1. The van der Waals surface area contributed by atoms with Crippen LogP contribution >= 0.6 is 11.3 Å². The largest absolute Gasteiger partial charge is 0.296 e. The van der Waals surface area contributed by atoms with Crippen molar-refractivity contribution in [3.05, 3.63) is 52.8 Å². The fraction of sp³-hybridized carbons (Fsp3) is 0.214. The first-order chi connectivity index (χ1) is 9.56. The maximum atomic E-state index is 12.0. The van der Waals surface area contributed by atoms with E-state index in [1.165, 1.54) is 11.3 Å². The summed E-state index contributed by atoms with van der Waals surface area (Å²) in [6.45, 7) is 6.28. The number of benzene rings is 1. The van der Waals surface area contributed by atoms with Gasteiger partial charge in [0.2, 0.25) is 9.93 Å². The van der Waals surface area contributed by atoms with Crippen LogP contribution in [0.4, 0.5) is 5.13 Å². The highest BCUT2D eigenvalue weighted by Gasteiger charge is 2.08. The normalized spacial score (nSPS) is 11.4. The lowest BCUT2D eigenvalue weighted by Crippen LogP contribution is -2.13. The summed E-state index contributed by atoms with van der Waals surface area (Å²) in [5, 5.41) is 7.54. The van der Waals surface area contributed by atoms with Gasteiger partial charge in [-0.3, -0.25) is 15.1 Å². The first kappa shape index (κ1) is 14.2. The maximum Gasteiger partial charge on any atom is 0.257 e. The Kier molecular flexibility index (Phi) is 4.47. The second-order valence-corrected chi connectivity index (χ2v) is 5.36. The van der Waals surface area contributed by atoms with Gasteiger partial charge in [-0.1, -0.05) is 41.7 Å². The molecule has 1 heterocycles. The van der Waals surface area contributed by atoms with E-state index >= 15 is 0 Å². The summed E-state index contributed by atoms with van der Waals surface area (Å²) < 4.78 is 1.65. The minimum Gasteiger partial charge on any atom is -0.296 e. The van der Waals surface area contributed by atoms with Gasteiger partial charge in [-0.15, -0.1) is 5.10 Å². The summed E-state index contributed by atoms with van der Waals surface area (Å²) in [5.41, 5.74) is 1.58. The molecule has 5 nitrogen and oxygen atoms in total. The number of hydrogen-bond acceptors (Lipinski definition) is 4. The second-order valence-electron chi connectivity index (χ2n) is 4.41. The van der Waals surface area contributed by atoms with Crippen molar-refractivity contribution in [3.8, 4) is 0 Å². The predicted octanol–water partition coefficient (Wildman–Crippen LogP) is 2.21. The number of carbonyl (C=O) groups excluding carboxylic acids is 1. The third kappa shape index (κ3) is 3.64. The van der Waals surface area contributed by atoms with Crippen molar-refractivity contribution in [3.63, 3.8) is 0 Å². The fourth-order valence-electron chi connectivity index (χ4n) is 1.50. The predicted molar refractivity (Wildman–Crippen MR) is 80.7 cm³/mol. The molecule has 0 atom stereocenters. The van der Waals surface area contributed by atoms with Crippen LogP contribution in [0.15, 0.2) is 47.5 Å². The number of rotatable bonds is 4. The summed E-state index contributed by atoms with van der Waals surface area (Å²) in [6.07, 6.45) is 0. The van der Waals surface area contributed by atoms with Crippen molar-refractivity contribution in [2.75, 3.05) is 11.9 Å². The van der Waals surface area contributed by atoms with Gasteiger partial charge in [0.05, 0.1) is 6.54 Å². The summed E-state index contributed by atoms with van der Waals surface area (Å²) in [5.74, 6) is -0.175. The second kappa shape index (κ2) is 6.29. The highest BCUT2D eigenvalue weighted by atomic mass is 32.1. The van der Waals surface area contributed by atoms with Crippen molar-refractivity contribution in [1.29, 1.82) is 0 Å². The molecular weight excluding hydrogens is 272 g/mol. The summed E-state index contributed by atoms with van der Waals surface area (Å²) in [6, 6.07) is 9.04. The van der Waals surface area contributed by atoms with E-state index in [0.29, 0.717) is 17.2 Å². The number of anilines is 1. The van der Waals surface area contributed by atoms with E-state index in [-0.39, 0.29) is 5.91 Å². The van der Waals surface area contributed by atoms with E-state index in [4.69, 9.17) is 0 Å². The van der Waals surface area contributed by atoms with E-state index in [9.17, 15) is 4.79 Å². The lowest BCUT2D eigenvalue weighted by atomic mass is 10.2. The van der Waals surface area contributed by atoms with Crippen molar-refractivity contribution < 1.29 is 4.79 Å². The van der Waals surface area contributed by atoms with Gasteiger partial charge in [-0.2, -0.15) is 0 Å². The third-order valence-corrected chi connectivity index (χ3v) is 3.40. The number of aryl methyl sites for hydroxylation is 1. The number of hydrogen-bond donors (Lipinski definition) is 1. The molecule has 1 N–H and O–H groups in total. The Balaban J connectivity index is 2.15. The Morgan fingerprint density at radius 1 is 1.45 bits per heavy atom. The van der Waals surface area contributed by atoms with Gasteiger partial charge in [0, 0.05) is 12.6 Å². The number of amides is 1. The van der Waals surface area contributed by atoms with Crippen molar-refractivity contribution in [2.24, 2.45) is 12.0 Å². The van der Waals surface area contributed by atoms with Crippen LogP contribution in [0.5, 0.6) is 0 Å². The minimum absolute atomic E-state index is 0.175. The molecule has 0 aliphatic heterocycles. The molecule has 2 rings (SSSR count). The Bertz CT molecular complexity index is 685. The van der Waals surface area contributed by atoms with Gasteiger partial charge < -0.3 is 0 Å². The first-order valence-electron chi connectivity index (χ1n) is 6.11. The molecule has 1 aromatic carbocycles. The van der Waals surface area contributed by atoms with Gasteiger partial charge >= 0.3 is 0 Å². The zero-order chi connectivity index (χ0) is 14.5. The number of nitrogens with one attached hydrogen (secondary N) is 1. The number of carbonyl (C=O) groups is 1. The Morgan fingerprint density at radius 3 is 2.80 bits per heavy atom. The van der Waals surface area contributed by atoms with Crippen molar-refractivity contribution in [1.82, 2.24) is 9.78 Å². The molecule has 0 saturated carbocycles. The van der Waals surface area contributed by atoms with E-state index in [0.717, 1.165) is 10.4 Å². The average Bonchev–Trinajstić information content (AvgIpc) is 2.77. The van der Waals surface area contributed by atoms with Crippen LogP contribution in [0.3, 0.4) is 0 Å². The van der Waals surface area contributed by atoms with Crippen LogP contribution in [-0.2, 0) is 7.05 Å². The number of aromatic nitrogens is 2. The molecule has 0 radical (unpaired) electrons. The molecule has 0 saturated heterocycles. The smallest absolute Gasteiger partial charge is 0.257 e. The Labute approximate surface area is 121 Å². The molecule has 0 aliphatic carbocycles. The molecule has 2 aromatic rings. The zero-order valence-electron chi connectivity index (χ0n) is 11.5. The van der Waals surface area contributed by atoms with Crippen molar-refractivity contribution >= 4 is 22.4 Å². The van der Waals surface area contributed by atoms with Crippen LogP contribution in [0.1, 0.15) is 17.3 Å². The monoisotopic (exact) mass is 288 g/mol. The minimum atomic E-state index is -0.175. The molecule has 0 spiro atoms. The summed E-state index contributed by atoms with van der Waals surface area (Å²) >= 11 is 1.34. The average molecular weight is 288 g/mol. The maximum absolute atomic E-state index is 12.0. The standard InChI is InChI=1S/C14H16N4OS/c1-10(2)9-15-14-18(3)17-13(20-14)16-12(19)11-7-5-4-6-8-11/h4-8H,1,9H2,2-3H3,(H,16,17,19). The molecule has 0 unspecified atom stereocenters. The SMILES string of the molecule is C=C(C)CN=c1sc(NC(=O)c2ccccc2)nn1C. The highest BCUT2D eigenvalue weighted by Crippen LogP contribution is 2.08. The lowest BCUT2D eigenvalue weighted by Gasteiger charge is -1.99. The fourth-order valence-corrected chi connectivity index (χ4v) is 2.28. The first-order valence-corrected chi connectivity index (χ1v) is 6.93. The molecule has 1 amide bonds. The van der Waals surface area contributed by atoms with Gasteiger partial charge in [0.15, 0.2) is 0 Å². The molecule has 0 bridgehead atoms. The van der Waals surface area contributed by atoms with Crippen molar-refractivity contribution in [2.45, 2.75) is 6.92 Å². The Hall–Kier alpha value is -2.21. The van der Waals surface area contributed by atoms with Crippen LogP contribution in [0.25, 0.3) is 0 Å². The van der Waals surface area contributed by atoms with Gasteiger partial charge in [0.1, 0.15) is 0 Å². The van der Waals surface area contributed by atoms with E-state index in [1.807, 2.05) is 25.1 Å². The van der Waals surface area contributed by atoms with Crippen LogP contribution < -0.4 is 10.1 Å². The van der Waals surface area contributed by atoms with Crippen LogP contribution in [0, 0.1) is 0 Å². The molecule has 0 aliphatic rings. The van der Waals surface area contributed by atoms with Gasteiger partial charge in [0.25, 0.3) is 5.91 Å². The number of nitrogens with zero attached hydrogens (tertiary/aromatic N) is 3. The quantitative estimate of drug-likeness (QED) is 0.877. The molecule has 0 fully saturated rings. The van der Waals surface area contributed by atoms with Gasteiger partial charge in [-0.05, 0) is 19.1 Å². The molecular formula is C14H16N4OS. The zero-order valence-corrected chi connectivity index (χ0v) is 12.3. The van der Waals surface area contributed by atoms with E-state index in [2.05, 4.69) is 22.0 Å². The van der Waals surface area contributed by atoms with E-state index < -0.39 is 0 Å². The molecule has 6 heteroatoms. The molecule has 20 heavy (non-hydrogen) atoms. The lowest BCUT2D eigenvalue weighted by molar-refractivity contribution is 0.102. The van der Waals surface area contributed by atoms with Crippen LogP contribution in [0.2, 0.25) is 0 Å². The molecule has 104 valence electrons.